The molecule has 0 bridgehead atoms. The van der Waals surface area contributed by atoms with Crippen molar-refractivity contribution in [1.82, 2.24) is 10.2 Å². The molecular weight excluding hydrogens is 257 g/mol. The predicted molar refractivity (Wildman–Crippen MR) is 76.8 cm³/mol. The molecule has 0 aromatic heterocycles. The largest absolute Gasteiger partial charge is 0.366 e. The van der Waals surface area contributed by atoms with Crippen molar-refractivity contribution in [3.8, 4) is 0 Å². The highest BCUT2D eigenvalue weighted by Gasteiger charge is 2.23. The molecule has 20 heavy (non-hydrogen) atoms. The highest BCUT2D eigenvalue weighted by atomic mass is 19.1. The summed E-state index contributed by atoms with van der Waals surface area (Å²) in [5, 5.41) is 3.41. The zero-order valence-corrected chi connectivity index (χ0v) is 12.0. The van der Waals surface area contributed by atoms with E-state index in [9.17, 15) is 9.18 Å². The fraction of sp³-hybridized carbons (Fsp3) is 0.533. The van der Waals surface area contributed by atoms with Gasteiger partial charge in [-0.3, -0.25) is 4.79 Å². The van der Waals surface area contributed by atoms with Crippen LogP contribution in [0, 0.1) is 11.7 Å². The number of carbonyl (C=O) groups excluding carboxylic acids is 1. The van der Waals surface area contributed by atoms with E-state index < -0.39 is 5.91 Å². The van der Waals surface area contributed by atoms with Crippen LogP contribution in [0.2, 0.25) is 0 Å². The third-order valence-corrected chi connectivity index (χ3v) is 4.00. The molecule has 3 N–H and O–H groups in total. The molecule has 1 aromatic carbocycles. The molecule has 5 heteroatoms. The van der Waals surface area contributed by atoms with Gasteiger partial charge in [0.15, 0.2) is 0 Å². The summed E-state index contributed by atoms with van der Waals surface area (Å²) in [6, 6.07) is 4.81. The molecule has 0 radical (unpaired) electrons. The number of hydrogen-bond donors (Lipinski definition) is 2. The topological polar surface area (TPSA) is 58.4 Å². The SMILES string of the molecule is CC1CN(C)CCC1NCc1ccc(C(N)=O)cc1F. The number of nitrogens with one attached hydrogen (secondary N) is 1. The van der Waals surface area contributed by atoms with E-state index in [1.54, 1.807) is 12.1 Å². The van der Waals surface area contributed by atoms with Crippen LogP contribution >= 0.6 is 0 Å². The van der Waals surface area contributed by atoms with Gasteiger partial charge >= 0.3 is 0 Å². The van der Waals surface area contributed by atoms with Gasteiger partial charge < -0.3 is 16.0 Å². The molecule has 1 aliphatic heterocycles. The number of carbonyl (C=O) groups is 1. The molecule has 110 valence electrons. The van der Waals surface area contributed by atoms with Crippen LogP contribution < -0.4 is 11.1 Å². The minimum Gasteiger partial charge on any atom is -0.366 e. The summed E-state index contributed by atoms with van der Waals surface area (Å²) in [4.78, 5) is 13.3. The number of benzene rings is 1. The van der Waals surface area contributed by atoms with Crippen LogP contribution in [0.4, 0.5) is 4.39 Å². The number of halogens is 1. The maximum absolute atomic E-state index is 13.9. The first-order chi connectivity index (χ1) is 9.47. The lowest BCUT2D eigenvalue weighted by atomic mass is 9.94. The first-order valence-electron chi connectivity index (χ1n) is 6.97. The smallest absolute Gasteiger partial charge is 0.248 e. The number of amides is 1. The lowest BCUT2D eigenvalue weighted by Gasteiger charge is -2.35. The Bertz CT molecular complexity index is 492. The Kier molecular flexibility index (Phi) is 4.73. The third-order valence-electron chi connectivity index (χ3n) is 4.00. The molecular formula is C15H22FN3O. The van der Waals surface area contributed by atoms with Crippen molar-refractivity contribution in [2.45, 2.75) is 25.9 Å². The summed E-state index contributed by atoms with van der Waals surface area (Å²) in [6.45, 7) is 4.80. The highest BCUT2D eigenvalue weighted by molar-refractivity contribution is 5.92. The fourth-order valence-corrected chi connectivity index (χ4v) is 2.74. The average Bonchev–Trinajstić information content (AvgIpc) is 2.38. The van der Waals surface area contributed by atoms with Gasteiger partial charge in [-0.2, -0.15) is 0 Å². The van der Waals surface area contributed by atoms with Gasteiger partial charge in [0, 0.05) is 30.3 Å². The molecule has 2 unspecified atom stereocenters. The molecule has 0 aliphatic carbocycles. The second-order valence-electron chi connectivity index (χ2n) is 5.69. The van der Waals surface area contributed by atoms with Gasteiger partial charge in [-0.15, -0.1) is 0 Å². The molecule has 1 saturated heterocycles. The third kappa shape index (κ3) is 3.55. The number of nitrogens with two attached hydrogens (primary N) is 1. The van der Waals surface area contributed by atoms with E-state index in [0.717, 1.165) is 19.5 Å². The van der Waals surface area contributed by atoms with Crippen LogP contribution in [0.25, 0.3) is 0 Å². The van der Waals surface area contributed by atoms with Crippen LogP contribution in [-0.2, 0) is 6.54 Å². The molecule has 1 fully saturated rings. The quantitative estimate of drug-likeness (QED) is 0.875. The molecule has 0 spiro atoms. The zero-order chi connectivity index (χ0) is 14.7. The van der Waals surface area contributed by atoms with Gasteiger partial charge in [-0.1, -0.05) is 13.0 Å². The minimum absolute atomic E-state index is 0.207. The monoisotopic (exact) mass is 279 g/mol. The number of piperidine rings is 1. The molecule has 4 nitrogen and oxygen atoms in total. The normalized spacial score (nSPS) is 23.8. The summed E-state index contributed by atoms with van der Waals surface area (Å²) in [6.07, 6.45) is 1.07. The summed E-state index contributed by atoms with van der Waals surface area (Å²) < 4.78 is 13.9. The molecule has 1 amide bonds. The van der Waals surface area contributed by atoms with Gasteiger partial charge in [0.05, 0.1) is 0 Å². The van der Waals surface area contributed by atoms with Crippen LogP contribution in [0.15, 0.2) is 18.2 Å². The van der Waals surface area contributed by atoms with Crippen LogP contribution in [0.5, 0.6) is 0 Å². The van der Waals surface area contributed by atoms with Crippen molar-refractivity contribution < 1.29 is 9.18 Å². The molecule has 1 aliphatic rings. The molecule has 2 rings (SSSR count). The van der Waals surface area contributed by atoms with Crippen molar-refractivity contribution >= 4 is 5.91 Å². The maximum Gasteiger partial charge on any atom is 0.248 e. The number of hydrogen-bond acceptors (Lipinski definition) is 3. The highest BCUT2D eigenvalue weighted by Crippen LogP contribution is 2.17. The lowest BCUT2D eigenvalue weighted by Crippen LogP contribution is -2.46. The summed E-state index contributed by atoms with van der Waals surface area (Å²) in [5.41, 5.74) is 5.91. The Labute approximate surface area is 119 Å². The molecule has 1 aromatic rings. The van der Waals surface area contributed by atoms with E-state index in [1.165, 1.54) is 6.07 Å². The maximum atomic E-state index is 13.9. The van der Waals surface area contributed by atoms with E-state index >= 15 is 0 Å². The van der Waals surface area contributed by atoms with E-state index in [2.05, 4.69) is 24.2 Å². The second-order valence-corrected chi connectivity index (χ2v) is 5.69. The van der Waals surface area contributed by atoms with Gasteiger partial charge in [0.25, 0.3) is 0 Å². The van der Waals surface area contributed by atoms with Crippen LogP contribution in [0.3, 0.4) is 0 Å². The Morgan fingerprint density at radius 3 is 2.90 bits per heavy atom. The van der Waals surface area contributed by atoms with E-state index in [0.29, 0.717) is 24.1 Å². The van der Waals surface area contributed by atoms with Crippen LogP contribution in [0.1, 0.15) is 29.3 Å². The van der Waals surface area contributed by atoms with Gasteiger partial charge in [0.2, 0.25) is 5.91 Å². The first-order valence-corrected chi connectivity index (χ1v) is 6.97. The standard InChI is InChI=1S/C15H22FN3O/c1-10-9-19(2)6-5-14(10)18-8-12-4-3-11(15(17)20)7-13(12)16/h3-4,7,10,14,18H,5-6,8-9H2,1-2H3,(H2,17,20). The zero-order valence-electron chi connectivity index (χ0n) is 12.0. The van der Waals surface area contributed by atoms with Crippen molar-refractivity contribution in [2.75, 3.05) is 20.1 Å². The Hall–Kier alpha value is -1.46. The van der Waals surface area contributed by atoms with Gasteiger partial charge in [-0.25, -0.2) is 4.39 Å². The van der Waals surface area contributed by atoms with Crippen molar-refractivity contribution in [3.05, 3.63) is 35.1 Å². The summed E-state index contributed by atoms with van der Waals surface area (Å²) in [5.74, 6) is -0.441. The first kappa shape index (κ1) is 14.9. The van der Waals surface area contributed by atoms with E-state index in [4.69, 9.17) is 5.73 Å². The van der Waals surface area contributed by atoms with Crippen molar-refractivity contribution in [1.29, 1.82) is 0 Å². The lowest BCUT2D eigenvalue weighted by molar-refractivity contribution is 0.1000. The number of nitrogens with zero attached hydrogens (tertiary/aromatic N) is 1. The van der Waals surface area contributed by atoms with Crippen molar-refractivity contribution in [2.24, 2.45) is 11.7 Å². The number of likely N-dealkylation sites (tertiary alicyclic amines) is 1. The van der Waals surface area contributed by atoms with Gasteiger partial charge in [0.1, 0.15) is 5.82 Å². The van der Waals surface area contributed by atoms with Crippen LogP contribution in [-0.4, -0.2) is 37.0 Å². The van der Waals surface area contributed by atoms with Gasteiger partial charge in [-0.05, 0) is 38.1 Å². The fourth-order valence-electron chi connectivity index (χ4n) is 2.74. The Balaban J connectivity index is 1.95. The predicted octanol–water partition coefficient (Wildman–Crippen LogP) is 1.35. The number of primary amides is 1. The molecule has 0 saturated carbocycles. The number of rotatable bonds is 4. The van der Waals surface area contributed by atoms with Crippen molar-refractivity contribution in [3.63, 3.8) is 0 Å². The molecule has 2 atom stereocenters. The summed E-state index contributed by atoms with van der Waals surface area (Å²) >= 11 is 0. The molecule has 1 heterocycles. The Morgan fingerprint density at radius 1 is 1.55 bits per heavy atom. The average molecular weight is 279 g/mol. The Morgan fingerprint density at radius 2 is 2.30 bits per heavy atom. The van der Waals surface area contributed by atoms with E-state index in [-0.39, 0.29) is 11.4 Å². The van der Waals surface area contributed by atoms with E-state index in [1.807, 2.05) is 0 Å². The minimum atomic E-state index is -0.604. The second kappa shape index (κ2) is 6.33. The summed E-state index contributed by atoms with van der Waals surface area (Å²) in [7, 11) is 2.12.